The molecule has 0 aromatic heterocycles. The minimum atomic E-state index is -1.63. The monoisotopic (exact) mass is 442 g/mol. The molecular formula is C28H26O5. The summed E-state index contributed by atoms with van der Waals surface area (Å²) in [4.78, 5) is 0. The topological polar surface area (TPSA) is 57.2 Å². The van der Waals surface area contributed by atoms with E-state index >= 15 is 0 Å². The standard InChI is InChI=1S/C28H26O5/c1-27-18-10-17-24(31-3)26(27)28(29,20-13-7-8-14-21(20)33-27)25-22(30-2)15-9-16-23(25)32-19-11-5-4-6-12-19/h4-17,29H,18H2,1-3H3. The molecule has 1 aliphatic carbocycles. The highest BCUT2D eigenvalue weighted by Crippen LogP contribution is 2.58. The lowest BCUT2D eigenvalue weighted by Crippen LogP contribution is -2.51. The van der Waals surface area contributed by atoms with Crippen molar-refractivity contribution in [3.63, 3.8) is 0 Å². The van der Waals surface area contributed by atoms with Gasteiger partial charge < -0.3 is 24.1 Å². The van der Waals surface area contributed by atoms with Crippen molar-refractivity contribution in [3.05, 3.63) is 107 Å². The second-order valence-corrected chi connectivity index (χ2v) is 8.34. The van der Waals surface area contributed by atoms with Crippen molar-refractivity contribution in [2.75, 3.05) is 14.2 Å². The Bertz CT molecular complexity index is 1250. The lowest BCUT2D eigenvalue weighted by atomic mass is 9.67. The number of aliphatic hydroxyl groups is 1. The second kappa shape index (κ2) is 8.01. The molecule has 0 fully saturated rings. The smallest absolute Gasteiger partial charge is 0.155 e. The number of hydrogen-bond donors (Lipinski definition) is 1. The number of hydrogen-bond acceptors (Lipinski definition) is 5. The molecule has 5 rings (SSSR count). The molecule has 5 nitrogen and oxygen atoms in total. The first-order chi connectivity index (χ1) is 16.0. The fourth-order valence-corrected chi connectivity index (χ4v) is 4.89. The van der Waals surface area contributed by atoms with E-state index in [9.17, 15) is 5.11 Å². The van der Waals surface area contributed by atoms with Crippen LogP contribution in [0.5, 0.6) is 23.0 Å². The van der Waals surface area contributed by atoms with Crippen LogP contribution in [0.2, 0.25) is 0 Å². The Morgan fingerprint density at radius 1 is 0.848 bits per heavy atom. The molecule has 3 aromatic carbocycles. The van der Waals surface area contributed by atoms with E-state index in [4.69, 9.17) is 18.9 Å². The van der Waals surface area contributed by atoms with Crippen LogP contribution in [-0.4, -0.2) is 24.9 Å². The molecule has 1 aliphatic heterocycles. The molecule has 0 amide bonds. The molecular weight excluding hydrogens is 416 g/mol. The van der Waals surface area contributed by atoms with Crippen molar-refractivity contribution >= 4 is 0 Å². The zero-order chi connectivity index (χ0) is 23.1. The van der Waals surface area contributed by atoms with Gasteiger partial charge in [0.2, 0.25) is 0 Å². The zero-order valence-corrected chi connectivity index (χ0v) is 18.9. The molecule has 2 atom stereocenters. The zero-order valence-electron chi connectivity index (χ0n) is 18.9. The molecule has 2 unspecified atom stereocenters. The maximum Gasteiger partial charge on any atom is 0.155 e. The number of methoxy groups -OCH3 is 2. The van der Waals surface area contributed by atoms with Crippen LogP contribution < -0.4 is 14.2 Å². The van der Waals surface area contributed by atoms with E-state index in [1.807, 2.05) is 91.9 Å². The van der Waals surface area contributed by atoms with Crippen LogP contribution in [0, 0.1) is 0 Å². The van der Waals surface area contributed by atoms with Crippen LogP contribution in [-0.2, 0) is 10.3 Å². The Balaban J connectivity index is 1.85. The van der Waals surface area contributed by atoms with Gasteiger partial charge in [0.15, 0.2) is 5.60 Å². The third-order valence-electron chi connectivity index (χ3n) is 6.29. The first-order valence-corrected chi connectivity index (χ1v) is 10.9. The van der Waals surface area contributed by atoms with Crippen LogP contribution >= 0.6 is 0 Å². The van der Waals surface area contributed by atoms with Gasteiger partial charge in [-0.05, 0) is 43.3 Å². The highest BCUT2D eigenvalue weighted by Gasteiger charge is 2.56. The van der Waals surface area contributed by atoms with E-state index in [1.54, 1.807) is 14.2 Å². The number of fused-ring (bicyclic) bond motifs is 2. The van der Waals surface area contributed by atoms with Crippen LogP contribution in [0.25, 0.3) is 0 Å². The van der Waals surface area contributed by atoms with E-state index in [2.05, 4.69) is 0 Å². The number of allylic oxidation sites excluding steroid dienone is 1. The third kappa shape index (κ3) is 3.28. The second-order valence-electron chi connectivity index (χ2n) is 8.34. The number of para-hydroxylation sites is 2. The van der Waals surface area contributed by atoms with Gasteiger partial charge in [0, 0.05) is 12.0 Å². The Kier molecular flexibility index (Phi) is 5.14. The van der Waals surface area contributed by atoms with Gasteiger partial charge >= 0.3 is 0 Å². The van der Waals surface area contributed by atoms with Crippen molar-refractivity contribution in [1.29, 1.82) is 0 Å². The average molecular weight is 443 g/mol. The third-order valence-corrected chi connectivity index (χ3v) is 6.29. The summed E-state index contributed by atoms with van der Waals surface area (Å²) in [5.74, 6) is 2.80. The molecule has 5 heteroatoms. The van der Waals surface area contributed by atoms with Crippen molar-refractivity contribution in [2.45, 2.75) is 24.5 Å². The summed E-state index contributed by atoms with van der Waals surface area (Å²) in [6.07, 6.45) is 4.46. The summed E-state index contributed by atoms with van der Waals surface area (Å²) >= 11 is 0. The minimum Gasteiger partial charge on any atom is -0.497 e. The predicted octanol–water partition coefficient (Wildman–Crippen LogP) is 5.73. The van der Waals surface area contributed by atoms with E-state index in [-0.39, 0.29) is 0 Å². The minimum absolute atomic E-state index is 0.486. The summed E-state index contributed by atoms with van der Waals surface area (Å²) in [5, 5.41) is 12.8. The summed E-state index contributed by atoms with van der Waals surface area (Å²) in [6.45, 7) is 1.97. The summed E-state index contributed by atoms with van der Waals surface area (Å²) < 4.78 is 24.3. The number of rotatable bonds is 5. The molecule has 168 valence electrons. The number of ether oxygens (including phenoxy) is 4. The normalized spacial score (nSPS) is 23.3. The Hall–Kier alpha value is -3.70. The summed E-state index contributed by atoms with van der Waals surface area (Å²) in [6, 6.07) is 22.5. The fourth-order valence-electron chi connectivity index (χ4n) is 4.89. The van der Waals surface area contributed by atoms with Gasteiger partial charge in [0.25, 0.3) is 0 Å². The van der Waals surface area contributed by atoms with Crippen molar-refractivity contribution < 1.29 is 24.1 Å². The van der Waals surface area contributed by atoms with Crippen LogP contribution in [0.3, 0.4) is 0 Å². The van der Waals surface area contributed by atoms with Crippen molar-refractivity contribution in [2.24, 2.45) is 0 Å². The highest BCUT2D eigenvalue weighted by atomic mass is 16.5. The Labute approximate surface area is 193 Å². The largest absolute Gasteiger partial charge is 0.497 e. The molecule has 0 saturated heterocycles. The van der Waals surface area contributed by atoms with Gasteiger partial charge in [-0.3, -0.25) is 0 Å². The Morgan fingerprint density at radius 2 is 1.58 bits per heavy atom. The molecule has 33 heavy (non-hydrogen) atoms. The first-order valence-electron chi connectivity index (χ1n) is 10.9. The van der Waals surface area contributed by atoms with Crippen LogP contribution in [0.1, 0.15) is 24.5 Å². The maximum absolute atomic E-state index is 12.8. The van der Waals surface area contributed by atoms with E-state index in [0.717, 1.165) is 0 Å². The summed E-state index contributed by atoms with van der Waals surface area (Å²) in [5.41, 5.74) is -0.742. The van der Waals surface area contributed by atoms with Crippen molar-refractivity contribution in [1.82, 2.24) is 0 Å². The van der Waals surface area contributed by atoms with Gasteiger partial charge in [-0.25, -0.2) is 0 Å². The van der Waals surface area contributed by atoms with Gasteiger partial charge in [-0.1, -0.05) is 48.5 Å². The van der Waals surface area contributed by atoms with Crippen molar-refractivity contribution in [3.8, 4) is 23.0 Å². The highest BCUT2D eigenvalue weighted by molar-refractivity contribution is 5.65. The average Bonchev–Trinajstić information content (AvgIpc) is 2.83. The lowest BCUT2D eigenvalue weighted by molar-refractivity contribution is 0.00811. The molecule has 2 aliphatic rings. The predicted molar refractivity (Wildman–Crippen MR) is 126 cm³/mol. The molecule has 0 bridgehead atoms. The summed E-state index contributed by atoms with van der Waals surface area (Å²) in [7, 11) is 3.19. The Morgan fingerprint density at radius 3 is 2.33 bits per heavy atom. The van der Waals surface area contributed by atoms with Gasteiger partial charge in [0.1, 0.15) is 34.4 Å². The molecule has 0 radical (unpaired) electrons. The molecule has 3 aromatic rings. The maximum atomic E-state index is 12.8. The molecule has 1 heterocycles. The van der Waals surface area contributed by atoms with Gasteiger partial charge in [-0.15, -0.1) is 0 Å². The quantitative estimate of drug-likeness (QED) is 0.546. The van der Waals surface area contributed by atoms with E-state index in [1.165, 1.54) is 0 Å². The first kappa shape index (κ1) is 21.2. The van der Waals surface area contributed by atoms with Gasteiger partial charge in [0.05, 0.1) is 25.4 Å². The van der Waals surface area contributed by atoms with Gasteiger partial charge in [-0.2, -0.15) is 0 Å². The molecule has 0 saturated carbocycles. The van der Waals surface area contributed by atoms with E-state index in [0.29, 0.717) is 51.9 Å². The number of benzene rings is 3. The molecule has 1 N–H and O–H groups in total. The van der Waals surface area contributed by atoms with E-state index < -0.39 is 11.2 Å². The van der Waals surface area contributed by atoms with Crippen LogP contribution in [0.15, 0.2) is 96.3 Å². The SMILES string of the molecule is COC1=C2C(C)(CC=C1)Oc1ccccc1C2(O)c1c(OC)cccc1Oc1ccccc1. The lowest BCUT2D eigenvalue weighted by Gasteiger charge is -2.49. The fraction of sp³-hybridized carbons (Fsp3) is 0.214. The van der Waals surface area contributed by atoms with Crippen LogP contribution in [0.4, 0.5) is 0 Å². The molecule has 0 spiro atoms.